The van der Waals surface area contributed by atoms with Crippen molar-refractivity contribution in [2.75, 3.05) is 26.4 Å². The Kier molecular flexibility index (Phi) is 4.85. The molecule has 0 saturated heterocycles. The Labute approximate surface area is 86.6 Å². The van der Waals surface area contributed by atoms with Gasteiger partial charge in [-0.15, -0.1) is 0 Å². The summed E-state index contributed by atoms with van der Waals surface area (Å²) in [7, 11) is 0. The standard InChI is InChI=1S/C11H23NO2/c1-2-6-14-7-5-11(8-12,9-13)10-3-4-10/h10,13H,2-9,12H2,1H3. The smallest absolute Gasteiger partial charge is 0.0503 e. The first-order valence-electron chi connectivity index (χ1n) is 5.67. The van der Waals surface area contributed by atoms with Gasteiger partial charge in [-0.25, -0.2) is 0 Å². The lowest BCUT2D eigenvalue weighted by molar-refractivity contribution is 0.0477. The Morgan fingerprint density at radius 1 is 1.43 bits per heavy atom. The van der Waals surface area contributed by atoms with Crippen molar-refractivity contribution in [2.24, 2.45) is 17.1 Å². The Hall–Kier alpha value is -0.120. The van der Waals surface area contributed by atoms with E-state index in [9.17, 15) is 5.11 Å². The molecule has 1 atom stereocenters. The zero-order valence-electron chi connectivity index (χ0n) is 9.17. The van der Waals surface area contributed by atoms with Gasteiger partial charge in [0, 0.05) is 25.2 Å². The monoisotopic (exact) mass is 201 g/mol. The van der Waals surface area contributed by atoms with Crippen LogP contribution in [-0.2, 0) is 4.74 Å². The minimum absolute atomic E-state index is 0.0479. The van der Waals surface area contributed by atoms with E-state index in [1.807, 2.05) is 0 Å². The lowest BCUT2D eigenvalue weighted by atomic mass is 9.80. The molecule has 3 N–H and O–H groups in total. The van der Waals surface area contributed by atoms with Gasteiger partial charge in [-0.2, -0.15) is 0 Å². The molecule has 0 aliphatic heterocycles. The van der Waals surface area contributed by atoms with Crippen LogP contribution in [0.5, 0.6) is 0 Å². The first-order valence-corrected chi connectivity index (χ1v) is 5.67. The topological polar surface area (TPSA) is 55.5 Å². The van der Waals surface area contributed by atoms with E-state index in [0.717, 1.165) is 26.1 Å². The molecule has 3 nitrogen and oxygen atoms in total. The summed E-state index contributed by atoms with van der Waals surface area (Å²) < 4.78 is 5.45. The van der Waals surface area contributed by atoms with Crippen molar-refractivity contribution in [1.29, 1.82) is 0 Å². The van der Waals surface area contributed by atoms with Crippen LogP contribution in [0.3, 0.4) is 0 Å². The SMILES string of the molecule is CCCOCCC(CN)(CO)C1CC1. The molecule has 0 spiro atoms. The molecule has 0 amide bonds. The van der Waals surface area contributed by atoms with Gasteiger partial charge < -0.3 is 15.6 Å². The van der Waals surface area contributed by atoms with Crippen LogP contribution >= 0.6 is 0 Å². The molecule has 84 valence electrons. The number of nitrogens with two attached hydrogens (primary N) is 1. The minimum Gasteiger partial charge on any atom is -0.396 e. The molecule has 3 heteroatoms. The second-order valence-corrected chi connectivity index (χ2v) is 4.36. The van der Waals surface area contributed by atoms with Crippen LogP contribution < -0.4 is 5.73 Å². The van der Waals surface area contributed by atoms with E-state index >= 15 is 0 Å². The highest BCUT2D eigenvalue weighted by Crippen LogP contribution is 2.46. The number of aliphatic hydroxyl groups is 1. The highest BCUT2D eigenvalue weighted by molar-refractivity contribution is 4.94. The lowest BCUT2D eigenvalue weighted by Crippen LogP contribution is -2.37. The fraction of sp³-hybridized carbons (Fsp3) is 1.00. The highest BCUT2D eigenvalue weighted by Gasteiger charge is 2.43. The molecule has 1 unspecified atom stereocenters. The Morgan fingerprint density at radius 3 is 2.57 bits per heavy atom. The molecule has 1 saturated carbocycles. The first kappa shape index (κ1) is 12.0. The molecule has 0 aromatic carbocycles. The predicted molar refractivity (Wildman–Crippen MR) is 57.0 cm³/mol. The molecule has 0 aromatic rings. The van der Waals surface area contributed by atoms with E-state index in [1.165, 1.54) is 12.8 Å². The van der Waals surface area contributed by atoms with E-state index in [0.29, 0.717) is 12.5 Å². The largest absolute Gasteiger partial charge is 0.396 e. The number of hydrogen-bond acceptors (Lipinski definition) is 3. The third kappa shape index (κ3) is 2.94. The maximum absolute atomic E-state index is 9.41. The fourth-order valence-electron chi connectivity index (χ4n) is 1.96. The van der Waals surface area contributed by atoms with E-state index in [2.05, 4.69) is 6.92 Å². The van der Waals surface area contributed by atoms with E-state index in [4.69, 9.17) is 10.5 Å². The van der Waals surface area contributed by atoms with Crippen LogP contribution in [0.2, 0.25) is 0 Å². The van der Waals surface area contributed by atoms with E-state index in [1.54, 1.807) is 0 Å². The Morgan fingerprint density at radius 2 is 2.14 bits per heavy atom. The van der Waals surface area contributed by atoms with Crippen molar-refractivity contribution < 1.29 is 9.84 Å². The number of ether oxygens (including phenoxy) is 1. The highest BCUT2D eigenvalue weighted by atomic mass is 16.5. The maximum atomic E-state index is 9.41. The summed E-state index contributed by atoms with van der Waals surface area (Å²) in [6.07, 6.45) is 4.42. The van der Waals surface area contributed by atoms with Crippen LogP contribution in [0.15, 0.2) is 0 Å². The normalized spacial score (nSPS) is 20.8. The van der Waals surface area contributed by atoms with Crippen molar-refractivity contribution in [2.45, 2.75) is 32.6 Å². The zero-order chi connectivity index (χ0) is 10.4. The van der Waals surface area contributed by atoms with Gasteiger partial charge in [-0.3, -0.25) is 0 Å². The molecule has 0 aromatic heterocycles. The van der Waals surface area contributed by atoms with Gasteiger partial charge in [-0.05, 0) is 31.6 Å². The quantitative estimate of drug-likeness (QED) is 0.579. The molecule has 0 heterocycles. The summed E-state index contributed by atoms with van der Waals surface area (Å²) in [6, 6.07) is 0. The first-order chi connectivity index (χ1) is 6.79. The lowest BCUT2D eigenvalue weighted by Gasteiger charge is -2.30. The number of hydrogen-bond donors (Lipinski definition) is 2. The number of aliphatic hydroxyl groups excluding tert-OH is 1. The van der Waals surface area contributed by atoms with Crippen LogP contribution in [0, 0.1) is 11.3 Å². The third-order valence-corrected chi connectivity index (χ3v) is 3.26. The summed E-state index contributed by atoms with van der Waals surface area (Å²) in [5, 5.41) is 9.41. The summed E-state index contributed by atoms with van der Waals surface area (Å²) in [4.78, 5) is 0. The zero-order valence-corrected chi connectivity index (χ0v) is 9.17. The van der Waals surface area contributed by atoms with Crippen molar-refractivity contribution in [1.82, 2.24) is 0 Å². The van der Waals surface area contributed by atoms with Crippen molar-refractivity contribution >= 4 is 0 Å². The average Bonchev–Trinajstić information content (AvgIpc) is 3.03. The van der Waals surface area contributed by atoms with Gasteiger partial charge in [0.2, 0.25) is 0 Å². The van der Waals surface area contributed by atoms with Crippen LogP contribution in [0.25, 0.3) is 0 Å². The average molecular weight is 201 g/mol. The molecule has 14 heavy (non-hydrogen) atoms. The van der Waals surface area contributed by atoms with Gasteiger partial charge in [0.05, 0.1) is 6.61 Å². The summed E-state index contributed by atoms with van der Waals surface area (Å²) >= 11 is 0. The molecule has 1 fully saturated rings. The molecule has 1 aliphatic carbocycles. The van der Waals surface area contributed by atoms with E-state index in [-0.39, 0.29) is 12.0 Å². The molecule has 0 radical (unpaired) electrons. The second-order valence-electron chi connectivity index (χ2n) is 4.36. The second kappa shape index (κ2) is 5.69. The number of rotatable bonds is 8. The maximum Gasteiger partial charge on any atom is 0.0503 e. The molecular weight excluding hydrogens is 178 g/mol. The summed E-state index contributed by atoms with van der Waals surface area (Å²) in [5.41, 5.74) is 5.71. The van der Waals surface area contributed by atoms with Crippen LogP contribution in [0.1, 0.15) is 32.6 Å². The van der Waals surface area contributed by atoms with Gasteiger partial charge in [0.15, 0.2) is 0 Å². The van der Waals surface area contributed by atoms with Crippen molar-refractivity contribution in [3.63, 3.8) is 0 Å². The third-order valence-electron chi connectivity index (χ3n) is 3.26. The Bertz CT molecular complexity index is 153. The fourth-order valence-corrected chi connectivity index (χ4v) is 1.96. The van der Waals surface area contributed by atoms with Crippen molar-refractivity contribution in [3.8, 4) is 0 Å². The minimum atomic E-state index is -0.0479. The van der Waals surface area contributed by atoms with E-state index < -0.39 is 0 Å². The predicted octanol–water partition coefficient (Wildman–Crippen LogP) is 1.15. The molecule has 0 bridgehead atoms. The Balaban J connectivity index is 2.27. The molecule has 1 rings (SSSR count). The summed E-state index contributed by atoms with van der Waals surface area (Å²) in [5.74, 6) is 0.641. The van der Waals surface area contributed by atoms with Gasteiger partial charge in [-0.1, -0.05) is 6.92 Å². The van der Waals surface area contributed by atoms with Gasteiger partial charge in [0.1, 0.15) is 0 Å². The molecule has 1 aliphatic rings. The summed E-state index contributed by atoms with van der Waals surface area (Å²) in [6.45, 7) is 4.45. The van der Waals surface area contributed by atoms with Crippen LogP contribution in [-0.4, -0.2) is 31.5 Å². The van der Waals surface area contributed by atoms with Crippen molar-refractivity contribution in [3.05, 3.63) is 0 Å². The van der Waals surface area contributed by atoms with Gasteiger partial charge >= 0.3 is 0 Å². The van der Waals surface area contributed by atoms with Gasteiger partial charge in [0.25, 0.3) is 0 Å². The van der Waals surface area contributed by atoms with Crippen LogP contribution in [0.4, 0.5) is 0 Å². The molecular formula is C11H23NO2.